The molecule has 2 atom stereocenters. The van der Waals surface area contributed by atoms with Crippen LogP contribution in [0.25, 0.3) is 0 Å². The minimum atomic E-state index is -0.831. The van der Waals surface area contributed by atoms with Crippen LogP contribution in [-0.2, 0) is 12.1 Å². The van der Waals surface area contributed by atoms with Crippen LogP contribution in [0.5, 0.6) is 5.75 Å². The molecule has 0 bridgehead atoms. The summed E-state index contributed by atoms with van der Waals surface area (Å²) in [6.45, 7) is 2.22. The van der Waals surface area contributed by atoms with Gasteiger partial charge in [0.2, 0.25) is 5.75 Å². The minimum Gasteiger partial charge on any atom is -0.501 e. The standard InChI is InChI=1S/C18H21FN4O4/c1-18(7-12(24)8-20-18)17-21-13(14(25)15(26)22-17)16(27)23(2)9-10-3-5-11(19)6-4-10/h3-6,12,20,24-25H,7-9H2,1-2H3,(H,21,22,26)/t12-,18+/m1/s1. The van der Waals surface area contributed by atoms with Gasteiger partial charge in [0.1, 0.15) is 11.6 Å². The number of nitrogens with one attached hydrogen (secondary N) is 2. The van der Waals surface area contributed by atoms with E-state index in [9.17, 15) is 24.2 Å². The smallest absolute Gasteiger partial charge is 0.293 e. The van der Waals surface area contributed by atoms with E-state index in [0.29, 0.717) is 18.5 Å². The fraction of sp³-hybridized carbons (Fsp3) is 0.389. The van der Waals surface area contributed by atoms with Gasteiger partial charge < -0.3 is 25.4 Å². The Labute approximate surface area is 154 Å². The van der Waals surface area contributed by atoms with Gasteiger partial charge in [-0.3, -0.25) is 9.59 Å². The van der Waals surface area contributed by atoms with E-state index in [4.69, 9.17) is 0 Å². The number of benzene rings is 1. The van der Waals surface area contributed by atoms with Crippen molar-refractivity contribution in [3.63, 3.8) is 0 Å². The first-order valence-corrected chi connectivity index (χ1v) is 8.46. The zero-order chi connectivity index (χ0) is 19.8. The van der Waals surface area contributed by atoms with Crippen LogP contribution in [0.15, 0.2) is 29.1 Å². The average molecular weight is 376 g/mol. The van der Waals surface area contributed by atoms with E-state index in [2.05, 4.69) is 15.3 Å². The number of carbonyl (C=O) groups is 1. The van der Waals surface area contributed by atoms with Crippen LogP contribution in [0, 0.1) is 5.82 Å². The number of aromatic amines is 1. The molecule has 0 radical (unpaired) electrons. The molecule has 144 valence electrons. The molecule has 1 aliphatic heterocycles. The Morgan fingerprint density at radius 2 is 2.07 bits per heavy atom. The first-order valence-electron chi connectivity index (χ1n) is 8.46. The second-order valence-corrected chi connectivity index (χ2v) is 6.97. The number of halogens is 1. The third-order valence-electron chi connectivity index (χ3n) is 4.67. The highest BCUT2D eigenvalue weighted by Crippen LogP contribution is 2.28. The summed E-state index contributed by atoms with van der Waals surface area (Å²) in [4.78, 5) is 32.8. The second-order valence-electron chi connectivity index (χ2n) is 6.97. The Kier molecular flexibility index (Phi) is 4.99. The van der Waals surface area contributed by atoms with Gasteiger partial charge >= 0.3 is 0 Å². The maximum Gasteiger partial charge on any atom is 0.293 e. The highest BCUT2D eigenvalue weighted by Gasteiger charge is 2.38. The van der Waals surface area contributed by atoms with E-state index in [-0.39, 0.29) is 23.9 Å². The number of rotatable bonds is 4. The van der Waals surface area contributed by atoms with Crippen LogP contribution in [0.4, 0.5) is 4.39 Å². The first kappa shape index (κ1) is 19.0. The van der Waals surface area contributed by atoms with Gasteiger partial charge in [-0.25, -0.2) is 9.37 Å². The number of hydrogen-bond acceptors (Lipinski definition) is 6. The van der Waals surface area contributed by atoms with Crippen LogP contribution in [-0.4, -0.2) is 50.7 Å². The third-order valence-corrected chi connectivity index (χ3v) is 4.67. The van der Waals surface area contributed by atoms with Gasteiger partial charge in [0.25, 0.3) is 11.5 Å². The van der Waals surface area contributed by atoms with E-state index in [0.717, 1.165) is 0 Å². The summed E-state index contributed by atoms with van der Waals surface area (Å²) in [5.41, 5.74) is -1.34. The van der Waals surface area contributed by atoms with Gasteiger partial charge in [-0.2, -0.15) is 0 Å². The van der Waals surface area contributed by atoms with Gasteiger partial charge in [-0.15, -0.1) is 0 Å². The molecule has 4 N–H and O–H groups in total. The lowest BCUT2D eigenvalue weighted by atomic mass is 9.98. The largest absolute Gasteiger partial charge is 0.501 e. The van der Waals surface area contributed by atoms with Crippen molar-refractivity contribution in [1.29, 1.82) is 0 Å². The van der Waals surface area contributed by atoms with Crippen LogP contribution >= 0.6 is 0 Å². The molecule has 0 saturated carbocycles. The monoisotopic (exact) mass is 376 g/mol. The number of aliphatic hydroxyl groups is 1. The van der Waals surface area contributed by atoms with Crippen molar-refractivity contribution >= 4 is 5.91 Å². The number of aliphatic hydroxyl groups excluding tert-OH is 1. The summed E-state index contributed by atoms with van der Waals surface area (Å²) in [7, 11) is 1.49. The fourth-order valence-corrected chi connectivity index (χ4v) is 3.13. The normalized spacial score (nSPS) is 22.0. The average Bonchev–Trinajstić information content (AvgIpc) is 2.98. The highest BCUT2D eigenvalue weighted by atomic mass is 19.1. The summed E-state index contributed by atoms with van der Waals surface area (Å²) in [5.74, 6) is -1.63. The Balaban J connectivity index is 1.89. The molecule has 1 aliphatic rings. The molecule has 27 heavy (non-hydrogen) atoms. The zero-order valence-corrected chi connectivity index (χ0v) is 15.0. The molecule has 1 saturated heterocycles. The van der Waals surface area contributed by atoms with Crippen molar-refractivity contribution in [3.05, 3.63) is 57.5 Å². The number of nitrogens with zero attached hydrogens (tertiary/aromatic N) is 2. The number of carbonyl (C=O) groups excluding carboxylic acids is 1. The van der Waals surface area contributed by atoms with Gasteiger partial charge in [-0.1, -0.05) is 12.1 Å². The summed E-state index contributed by atoms with van der Waals surface area (Å²) >= 11 is 0. The lowest BCUT2D eigenvalue weighted by Crippen LogP contribution is -2.38. The number of β-amino-alcohol motifs (C(OH)–C–C–N with tert-alkyl or cyclic N) is 1. The lowest BCUT2D eigenvalue weighted by molar-refractivity contribution is 0.0774. The molecule has 1 aromatic carbocycles. The molecule has 2 heterocycles. The van der Waals surface area contributed by atoms with Gasteiger partial charge in [-0.05, 0) is 31.0 Å². The fourth-order valence-electron chi connectivity index (χ4n) is 3.13. The second kappa shape index (κ2) is 7.09. The zero-order valence-electron chi connectivity index (χ0n) is 15.0. The van der Waals surface area contributed by atoms with Gasteiger partial charge in [0.05, 0.1) is 11.6 Å². The quantitative estimate of drug-likeness (QED) is 0.616. The lowest BCUT2D eigenvalue weighted by Gasteiger charge is -2.24. The Morgan fingerprint density at radius 3 is 2.67 bits per heavy atom. The van der Waals surface area contributed by atoms with Crippen molar-refractivity contribution in [3.8, 4) is 5.75 Å². The SMILES string of the molecule is CN(Cc1ccc(F)cc1)C(=O)c1nc([C@]2(C)C[C@@H](O)CN2)[nH]c(=O)c1O. The number of aromatic nitrogens is 2. The molecule has 0 spiro atoms. The molecule has 1 aromatic heterocycles. The van der Waals surface area contributed by atoms with E-state index in [1.54, 1.807) is 19.1 Å². The third kappa shape index (κ3) is 3.83. The topological polar surface area (TPSA) is 119 Å². The van der Waals surface area contributed by atoms with Crippen LogP contribution in [0.3, 0.4) is 0 Å². The van der Waals surface area contributed by atoms with Crippen molar-refractivity contribution in [2.45, 2.75) is 31.5 Å². The predicted octanol–water partition coefficient (Wildman–Crippen LogP) is 0.456. The van der Waals surface area contributed by atoms with Crippen molar-refractivity contribution < 1.29 is 19.4 Å². The molecule has 1 fully saturated rings. The molecular formula is C18H21FN4O4. The van der Waals surface area contributed by atoms with Crippen molar-refractivity contribution in [2.75, 3.05) is 13.6 Å². The maximum absolute atomic E-state index is 13.0. The van der Waals surface area contributed by atoms with Crippen LogP contribution < -0.4 is 10.9 Å². The van der Waals surface area contributed by atoms with Crippen molar-refractivity contribution in [2.24, 2.45) is 0 Å². The highest BCUT2D eigenvalue weighted by molar-refractivity contribution is 5.94. The summed E-state index contributed by atoms with van der Waals surface area (Å²) < 4.78 is 13.0. The number of hydrogen-bond donors (Lipinski definition) is 4. The molecule has 0 aliphatic carbocycles. The summed E-state index contributed by atoms with van der Waals surface area (Å²) in [5, 5.41) is 22.9. The van der Waals surface area contributed by atoms with E-state index in [1.807, 2.05) is 0 Å². The summed E-state index contributed by atoms with van der Waals surface area (Å²) in [6.07, 6.45) is -0.297. The molecular weight excluding hydrogens is 355 g/mol. The minimum absolute atomic E-state index is 0.149. The van der Waals surface area contributed by atoms with Crippen LogP contribution in [0.2, 0.25) is 0 Å². The number of amides is 1. The molecule has 0 unspecified atom stereocenters. The molecule has 3 rings (SSSR count). The van der Waals surface area contributed by atoms with Crippen LogP contribution in [0.1, 0.15) is 35.2 Å². The van der Waals surface area contributed by atoms with E-state index < -0.39 is 28.9 Å². The molecule has 2 aromatic rings. The Bertz CT molecular complexity index is 915. The molecule has 1 amide bonds. The van der Waals surface area contributed by atoms with E-state index >= 15 is 0 Å². The predicted molar refractivity (Wildman–Crippen MR) is 94.7 cm³/mol. The maximum atomic E-state index is 13.0. The summed E-state index contributed by atoms with van der Waals surface area (Å²) in [6, 6.07) is 5.65. The molecule has 8 nitrogen and oxygen atoms in total. The Morgan fingerprint density at radius 1 is 1.41 bits per heavy atom. The van der Waals surface area contributed by atoms with E-state index in [1.165, 1.54) is 24.1 Å². The van der Waals surface area contributed by atoms with Gasteiger partial charge in [0, 0.05) is 20.1 Å². The van der Waals surface area contributed by atoms with Crippen molar-refractivity contribution in [1.82, 2.24) is 20.2 Å². The number of aromatic hydroxyl groups is 1. The Hall–Kier alpha value is -2.78. The molecule has 9 heteroatoms. The van der Waals surface area contributed by atoms with Gasteiger partial charge in [0.15, 0.2) is 5.69 Å². The first-order chi connectivity index (χ1) is 12.7. The number of H-pyrrole nitrogens is 1.